The van der Waals surface area contributed by atoms with Gasteiger partial charge in [-0.15, -0.1) is 0 Å². The molecule has 2 aromatic carbocycles. The van der Waals surface area contributed by atoms with E-state index >= 15 is 0 Å². The Labute approximate surface area is 213 Å². The SMILES string of the molecule is COc1cc(C(=O)NC23CC(C#Cc4cccc5c4CN(C4CCC(=O)NC4=O)C5=O)(C2)C3)ccc1N. The number of nitrogens with zero attached hydrogens (tertiary/aromatic N) is 1. The zero-order chi connectivity index (χ0) is 25.9. The molecule has 2 bridgehead atoms. The summed E-state index contributed by atoms with van der Waals surface area (Å²) in [5.74, 6) is 6.05. The highest BCUT2D eigenvalue weighted by Gasteiger charge is 2.68. The molecular formula is C28H26N4O5. The van der Waals surface area contributed by atoms with E-state index in [9.17, 15) is 19.2 Å². The first-order valence-corrected chi connectivity index (χ1v) is 12.3. The van der Waals surface area contributed by atoms with E-state index < -0.39 is 11.9 Å². The number of anilines is 1. The summed E-state index contributed by atoms with van der Waals surface area (Å²) in [4.78, 5) is 51.2. The van der Waals surface area contributed by atoms with Crippen molar-refractivity contribution in [2.45, 2.75) is 50.2 Å². The third kappa shape index (κ3) is 3.71. The van der Waals surface area contributed by atoms with Crippen molar-refractivity contribution >= 4 is 29.3 Å². The number of hydrogen-bond donors (Lipinski definition) is 3. The number of fused-ring (bicyclic) bond motifs is 1. The maximum atomic E-state index is 13.0. The molecule has 4 amide bonds. The lowest BCUT2D eigenvalue weighted by molar-refractivity contribution is -0.136. The molecule has 188 valence electrons. The van der Waals surface area contributed by atoms with Crippen LogP contribution >= 0.6 is 0 Å². The number of rotatable bonds is 4. The van der Waals surface area contributed by atoms with Crippen molar-refractivity contribution in [1.82, 2.24) is 15.5 Å². The summed E-state index contributed by atoms with van der Waals surface area (Å²) in [5, 5.41) is 5.48. The number of amides is 4. The molecule has 4 N–H and O–H groups in total. The third-order valence-electron chi connectivity index (χ3n) is 7.95. The highest BCUT2D eigenvalue weighted by atomic mass is 16.5. The second kappa shape index (κ2) is 8.10. The Bertz CT molecular complexity index is 1430. The van der Waals surface area contributed by atoms with Crippen LogP contribution in [0.25, 0.3) is 0 Å². The standard InChI is InChI=1S/C28H26N4O5/c1-37-22-11-17(5-6-20(22)29)24(34)31-28-13-27(14-28,15-28)10-9-16-3-2-4-18-19(16)12-32(26(18)36)21-7-8-23(33)30-25(21)35/h2-6,11,21H,7-8,12-15,29H2,1H3,(H,31,34)(H,30,33,35). The molecule has 9 heteroatoms. The van der Waals surface area contributed by atoms with Crippen LogP contribution in [0.15, 0.2) is 36.4 Å². The molecule has 1 saturated heterocycles. The molecule has 1 atom stereocenters. The number of benzene rings is 2. The normalized spacial score (nSPS) is 27.2. The van der Waals surface area contributed by atoms with Gasteiger partial charge in [0.05, 0.1) is 12.8 Å². The maximum Gasteiger partial charge on any atom is 0.255 e. The predicted octanol–water partition coefficient (Wildman–Crippen LogP) is 1.74. The molecule has 0 radical (unpaired) electrons. The maximum absolute atomic E-state index is 13.0. The number of carbonyl (C=O) groups excluding carboxylic acids is 4. The molecule has 37 heavy (non-hydrogen) atoms. The van der Waals surface area contributed by atoms with Gasteiger partial charge >= 0.3 is 0 Å². The average Bonchev–Trinajstić information content (AvgIpc) is 3.16. The van der Waals surface area contributed by atoms with E-state index in [0.29, 0.717) is 35.5 Å². The van der Waals surface area contributed by atoms with Crippen LogP contribution in [-0.4, -0.2) is 47.2 Å². The smallest absolute Gasteiger partial charge is 0.255 e. The number of nitrogen functional groups attached to an aromatic ring is 1. The summed E-state index contributed by atoms with van der Waals surface area (Å²) in [5.41, 5.74) is 8.59. The van der Waals surface area contributed by atoms with Crippen LogP contribution < -0.4 is 21.1 Å². The first-order valence-electron chi connectivity index (χ1n) is 12.3. The van der Waals surface area contributed by atoms with Gasteiger partial charge in [-0.3, -0.25) is 24.5 Å². The number of nitrogens with two attached hydrogens (primary N) is 1. The number of carbonyl (C=O) groups is 4. The molecule has 3 aliphatic carbocycles. The van der Waals surface area contributed by atoms with E-state index in [4.69, 9.17) is 10.5 Å². The van der Waals surface area contributed by atoms with Gasteiger partial charge in [0.1, 0.15) is 11.8 Å². The molecule has 4 fully saturated rings. The van der Waals surface area contributed by atoms with Gasteiger partial charge in [0.25, 0.3) is 11.8 Å². The minimum Gasteiger partial charge on any atom is -0.495 e. The van der Waals surface area contributed by atoms with Crippen molar-refractivity contribution in [1.29, 1.82) is 0 Å². The van der Waals surface area contributed by atoms with E-state index in [0.717, 1.165) is 30.4 Å². The monoisotopic (exact) mass is 498 g/mol. The van der Waals surface area contributed by atoms with Gasteiger partial charge in [-0.05, 0) is 61.6 Å². The Morgan fingerprint density at radius 1 is 1.19 bits per heavy atom. The van der Waals surface area contributed by atoms with Gasteiger partial charge < -0.3 is 20.7 Å². The number of methoxy groups -OCH3 is 1. The summed E-state index contributed by atoms with van der Waals surface area (Å²) in [6, 6.07) is 9.79. The Hall–Kier alpha value is -4.32. The predicted molar refractivity (Wildman–Crippen MR) is 133 cm³/mol. The second-order valence-electron chi connectivity index (χ2n) is 10.5. The van der Waals surface area contributed by atoms with Gasteiger partial charge in [0.15, 0.2) is 0 Å². The summed E-state index contributed by atoms with van der Waals surface area (Å²) < 4.78 is 5.21. The minimum atomic E-state index is -0.652. The second-order valence-corrected chi connectivity index (χ2v) is 10.5. The highest BCUT2D eigenvalue weighted by molar-refractivity contribution is 6.05. The van der Waals surface area contributed by atoms with Crippen LogP contribution in [0.4, 0.5) is 5.69 Å². The third-order valence-corrected chi connectivity index (χ3v) is 7.95. The summed E-state index contributed by atoms with van der Waals surface area (Å²) in [6.45, 7) is 0.295. The molecule has 2 aromatic rings. The Morgan fingerprint density at radius 2 is 1.97 bits per heavy atom. The summed E-state index contributed by atoms with van der Waals surface area (Å²) in [7, 11) is 1.52. The lowest BCUT2D eigenvalue weighted by atomic mass is 9.39. The molecule has 3 saturated carbocycles. The first-order chi connectivity index (χ1) is 17.7. The lowest BCUT2D eigenvalue weighted by Gasteiger charge is -2.68. The lowest BCUT2D eigenvalue weighted by Crippen LogP contribution is -2.74. The zero-order valence-electron chi connectivity index (χ0n) is 20.3. The van der Waals surface area contributed by atoms with E-state index in [2.05, 4.69) is 22.5 Å². The average molecular weight is 499 g/mol. The van der Waals surface area contributed by atoms with Crippen molar-refractivity contribution < 1.29 is 23.9 Å². The quantitative estimate of drug-likeness (QED) is 0.334. The molecule has 0 aromatic heterocycles. The van der Waals surface area contributed by atoms with Crippen LogP contribution in [0.3, 0.4) is 0 Å². The molecule has 2 heterocycles. The number of ether oxygens (including phenoxy) is 1. The largest absolute Gasteiger partial charge is 0.495 e. The Morgan fingerprint density at radius 3 is 2.70 bits per heavy atom. The van der Waals surface area contributed by atoms with E-state index in [1.165, 1.54) is 12.0 Å². The first kappa shape index (κ1) is 23.1. The fourth-order valence-electron chi connectivity index (χ4n) is 6.12. The topological polar surface area (TPSA) is 131 Å². The highest BCUT2D eigenvalue weighted by Crippen LogP contribution is 2.67. The fraction of sp³-hybridized carbons (Fsp3) is 0.357. The van der Waals surface area contributed by atoms with E-state index in [1.54, 1.807) is 30.3 Å². The molecular weight excluding hydrogens is 472 g/mol. The molecule has 7 rings (SSSR count). The van der Waals surface area contributed by atoms with Gasteiger partial charge in [-0.25, -0.2) is 0 Å². The number of nitrogens with one attached hydrogen (secondary N) is 2. The fourth-order valence-corrected chi connectivity index (χ4v) is 6.12. The number of piperidine rings is 1. The van der Waals surface area contributed by atoms with Crippen LogP contribution in [0.5, 0.6) is 5.75 Å². The van der Waals surface area contributed by atoms with Crippen molar-refractivity contribution in [2.75, 3.05) is 12.8 Å². The van der Waals surface area contributed by atoms with Crippen molar-refractivity contribution in [2.24, 2.45) is 5.41 Å². The number of hydrogen-bond acceptors (Lipinski definition) is 6. The van der Waals surface area contributed by atoms with Crippen molar-refractivity contribution in [3.05, 3.63) is 58.7 Å². The van der Waals surface area contributed by atoms with E-state index in [1.807, 2.05) is 6.07 Å². The van der Waals surface area contributed by atoms with Gasteiger partial charge in [-0.2, -0.15) is 0 Å². The molecule has 9 nitrogen and oxygen atoms in total. The van der Waals surface area contributed by atoms with Gasteiger partial charge in [-0.1, -0.05) is 17.9 Å². The van der Waals surface area contributed by atoms with Crippen molar-refractivity contribution in [3.8, 4) is 17.6 Å². The molecule has 2 aliphatic heterocycles. The van der Waals surface area contributed by atoms with Crippen LogP contribution in [-0.2, 0) is 16.1 Å². The molecule has 1 unspecified atom stereocenters. The Kier molecular flexibility index (Phi) is 5.06. The van der Waals surface area contributed by atoms with Crippen molar-refractivity contribution in [3.63, 3.8) is 0 Å². The van der Waals surface area contributed by atoms with Crippen LogP contribution in [0.1, 0.15) is 63.9 Å². The van der Waals surface area contributed by atoms with Gasteiger partial charge in [0.2, 0.25) is 11.8 Å². The Balaban J connectivity index is 1.13. The summed E-state index contributed by atoms with van der Waals surface area (Å²) >= 11 is 0. The molecule has 5 aliphatic rings. The van der Waals surface area contributed by atoms with Crippen LogP contribution in [0.2, 0.25) is 0 Å². The minimum absolute atomic E-state index is 0.138. The summed E-state index contributed by atoms with van der Waals surface area (Å²) in [6.07, 6.45) is 2.88. The van der Waals surface area contributed by atoms with E-state index in [-0.39, 0.29) is 35.1 Å². The number of imide groups is 1. The van der Waals surface area contributed by atoms with Gasteiger partial charge in [0, 0.05) is 40.6 Å². The van der Waals surface area contributed by atoms with Crippen LogP contribution in [0, 0.1) is 17.3 Å². The molecule has 0 spiro atoms. The zero-order valence-corrected chi connectivity index (χ0v) is 20.3.